The highest BCUT2D eigenvalue weighted by molar-refractivity contribution is 5.55. The first-order valence-electron chi connectivity index (χ1n) is 8.67. The van der Waals surface area contributed by atoms with E-state index < -0.39 is 0 Å². The SMILES string of the molecule is CN(C)C1CN(c2ccc(-n3cnc(Nc4cnc(C#N)cn4)c3)cc2)C1. The summed E-state index contributed by atoms with van der Waals surface area (Å²) < 4.78 is 1.95. The largest absolute Gasteiger partial charge is 0.368 e. The molecule has 1 aromatic carbocycles. The minimum atomic E-state index is 0.283. The molecule has 8 nitrogen and oxygen atoms in total. The zero-order valence-corrected chi connectivity index (χ0v) is 15.2. The van der Waals surface area contributed by atoms with Crippen molar-refractivity contribution in [1.29, 1.82) is 5.26 Å². The van der Waals surface area contributed by atoms with Gasteiger partial charge in [-0.2, -0.15) is 5.26 Å². The maximum Gasteiger partial charge on any atom is 0.158 e. The molecule has 0 unspecified atom stereocenters. The molecule has 4 rings (SSSR count). The zero-order chi connectivity index (χ0) is 18.8. The summed E-state index contributed by atoms with van der Waals surface area (Å²) in [5.74, 6) is 1.21. The summed E-state index contributed by atoms with van der Waals surface area (Å²) in [4.78, 5) is 17.1. The Morgan fingerprint density at radius 1 is 1.04 bits per heavy atom. The van der Waals surface area contributed by atoms with Gasteiger partial charge in [0.15, 0.2) is 5.69 Å². The third-order valence-corrected chi connectivity index (χ3v) is 4.71. The Labute approximate surface area is 157 Å². The molecule has 136 valence electrons. The van der Waals surface area contributed by atoms with E-state index in [9.17, 15) is 0 Å². The number of hydrogen-bond acceptors (Lipinski definition) is 7. The zero-order valence-electron chi connectivity index (χ0n) is 15.2. The van der Waals surface area contributed by atoms with E-state index in [0.717, 1.165) is 18.8 Å². The van der Waals surface area contributed by atoms with Crippen LogP contribution in [0, 0.1) is 11.3 Å². The number of anilines is 3. The topological polar surface area (TPSA) is 85.9 Å². The Hall–Kier alpha value is -3.44. The van der Waals surface area contributed by atoms with Gasteiger partial charge in [0.1, 0.15) is 24.0 Å². The third kappa shape index (κ3) is 3.59. The third-order valence-electron chi connectivity index (χ3n) is 4.71. The van der Waals surface area contributed by atoms with Crippen molar-refractivity contribution >= 4 is 17.3 Å². The number of benzene rings is 1. The molecule has 0 saturated carbocycles. The van der Waals surface area contributed by atoms with E-state index in [0.29, 0.717) is 17.7 Å². The molecule has 1 N–H and O–H groups in total. The molecule has 0 radical (unpaired) electrons. The summed E-state index contributed by atoms with van der Waals surface area (Å²) in [5.41, 5.74) is 2.56. The maximum atomic E-state index is 8.76. The van der Waals surface area contributed by atoms with Gasteiger partial charge in [0.2, 0.25) is 0 Å². The molecule has 3 heterocycles. The average molecular weight is 360 g/mol. The van der Waals surface area contributed by atoms with Crippen LogP contribution in [0.5, 0.6) is 0 Å². The van der Waals surface area contributed by atoms with Crippen LogP contribution in [0.4, 0.5) is 17.3 Å². The molecular weight excluding hydrogens is 340 g/mol. The summed E-state index contributed by atoms with van der Waals surface area (Å²) in [6.07, 6.45) is 6.58. The van der Waals surface area contributed by atoms with Crippen molar-refractivity contribution in [2.24, 2.45) is 0 Å². The molecule has 1 saturated heterocycles. The Balaban J connectivity index is 1.41. The molecule has 0 aliphatic carbocycles. The number of nitrogens with one attached hydrogen (secondary N) is 1. The molecule has 0 amide bonds. The van der Waals surface area contributed by atoms with Crippen molar-refractivity contribution in [1.82, 2.24) is 24.4 Å². The number of nitrogens with zero attached hydrogens (tertiary/aromatic N) is 7. The van der Waals surface area contributed by atoms with Crippen LogP contribution >= 0.6 is 0 Å². The monoisotopic (exact) mass is 360 g/mol. The second kappa shape index (κ2) is 7.05. The van der Waals surface area contributed by atoms with Crippen LogP contribution in [-0.2, 0) is 0 Å². The van der Waals surface area contributed by atoms with Crippen LogP contribution in [-0.4, -0.2) is 57.6 Å². The second-order valence-electron chi connectivity index (χ2n) is 6.73. The van der Waals surface area contributed by atoms with E-state index in [1.165, 1.54) is 18.1 Å². The van der Waals surface area contributed by atoms with Gasteiger partial charge in [-0.1, -0.05) is 0 Å². The quantitative estimate of drug-likeness (QED) is 0.745. The lowest BCUT2D eigenvalue weighted by Gasteiger charge is -2.44. The Kier molecular flexibility index (Phi) is 4.44. The average Bonchev–Trinajstić information content (AvgIpc) is 3.10. The lowest BCUT2D eigenvalue weighted by Crippen LogP contribution is -2.57. The fourth-order valence-electron chi connectivity index (χ4n) is 2.94. The molecule has 0 bridgehead atoms. The normalized spacial score (nSPS) is 14.1. The van der Waals surface area contributed by atoms with Crippen molar-refractivity contribution in [3.05, 3.63) is 54.9 Å². The highest BCUT2D eigenvalue weighted by Crippen LogP contribution is 2.24. The van der Waals surface area contributed by atoms with Crippen LogP contribution in [0.2, 0.25) is 0 Å². The summed E-state index contributed by atoms with van der Waals surface area (Å²) in [6.45, 7) is 2.13. The van der Waals surface area contributed by atoms with Crippen LogP contribution in [0.15, 0.2) is 49.2 Å². The second-order valence-corrected chi connectivity index (χ2v) is 6.73. The Bertz CT molecular complexity index is 947. The van der Waals surface area contributed by atoms with Crippen molar-refractivity contribution in [3.63, 3.8) is 0 Å². The lowest BCUT2D eigenvalue weighted by atomic mass is 10.1. The smallest absolute Gasteiger partial charge is 0.158 e. The minimum absolute atomic E-state index is 0.283. The highest BCUT2D eigenvalue weighted by atomic mass is 15.3. The number of rotatable bonds is 5. The van der Waals surface area contributed by atoms with E-state index in [-0.39, 0.29) is 5.69 Å². The van der Waals surface area contributed by atoms with Gasteiger partial charge in [-0.25, -0.2) is 15.0 Å². The lowest BCUT2D eigenvalue weighted by molar-refractivity contribution is 0.247. The Morgan fingerprint density at radius 2 is 1.78 bits per heavy atom. The number of likely N-dealkylation sites (N-methyl/N-ethyl adjacent to an activating group) is 1. The van der Waals surface area contributed by atoms with E-state index >= 15 is 0 Å². The first-order valence-corrected chi connectivity index (χ1v) is 8.67. The first-order chi connectivity index (χ1) is 13.1. The molecule has 8 heteroatoms. The molecule has 3 aromatic rings. The fraction of sp³-hybridized carbons (Fsp3) is 0.263. The molecule has 0 spiro atoms. The van der Waals surface area contributed by atoms with E-state index in [1.54, 1.807) is 6.33 Å². The van der Waals surface area contributed by atoms with Gasteiger partial charge in [0.05, 0.1) is 18.6 Å². The van der Waals surface area contributed by atoms with Crippen LogP contribution in [0.3, 0.4) is 0 Å². The van der Waals surface area contributed by atoms with Gasteiger partial charge in [-0.3, -0.25) is 0 Å². The molecule has 27 heavy (non-hydrogen) atoms. The first kappa shape index (κ1) is 17.0. The predicted molar refractivity (Wildman–Crippen MR) is 103 cm³/mol. The van der Waals surface area contributed by atoms with Crippen LogP contribution in [0.1, 0.15) is 5.69 Å². The van der Waals surface area contributed by atoms with E-state index in [1.807, 2.05) is 16.8 Å². The molecule has 2 aromatic heterocycles. The predicted octanol–water partition coefficient (Wildman–Crippen LogP) is 2.03. The van der Waals surface area contributed by atoms with Crippen LogP contribution in [0.25, 0.3) is 5.69 Å². The van der Waals surface area contributed by atoms with Gasteiger partial charge >= 0.3 is 0 Å². The van der Waals surface area contributed by atoms with Crippen molar-refractivity contribution in [2.75, 3.05) is 37.4 Å². The van der Waals surface area contributed by atoms with Crippen LogP contribution < -0.4 is 10.2 Å². The standard InChI is InChI=1S/C19H20N8/c1-25(2)17-10-26(11-17)15-3-5-16(6-4-15)27-12-19(23-13-27)24-18-9-21-14(7-20)8-22-18/h3-6,8-9,12-13,17H,10-11H2,1-2H3,(H,22,24). The molecule has 0 atom stereocenters. The van der Waals surface area contributed by atoms with E-state index in [4.69, 9.17) is 5.26 Å². The summed E-state index contributed by atoms with van der Waals surface area (Å²) in [6, 6.07) is 11.0. The van der Waals surface area contributed by atoms with Crippen molar-refractivity contribution in [3.8, 4) is 11.8 Å². The number of aromatic nitrogens is 4. The van der Waals surface area contributed by atoms with Gasteiger partial charge in [0.25, 0.3) is 0 Å². The fourth-order valence-corrected chi connectivity index (χ4v) is 2.94. The summed E-state index contributed by atoms with van der Waals surface area (Å²) >= 11 is 0. The minimum Gasteiger partial charge on any atom is -0.368 e. The Morgan fingerprint density at radius 3 is 2.41 bits per heavy atom. The van der Waals surface area contributed by atoms with E-state index in [2.05, 4.69) is 68.4 Å². The van der Waals surface area contributed by atoms with Gasteiger partial charge in [-0.15, -0.1) is 0 Å². The number of imidazole rings is 1. The van der Waals surface area contributed by atoms with Crippen molar-refractivity contribution in [2.45, 2.75) is 6.04 Å². The van der Waals surface area contributed by atoms with Gasteiger partial charge < -0.3 is 19.7 Å². The van der Waals surface area contributed by atoms with Crippen molar-refractivity contribution < 1.29 is 0 Å². The molecule has 1 aliphatic rings. The number of hydrogen-bond donors (Lipinski definition) is 1. The highest BCUT2D eigenvalue weighted by Gasteiger charge is 2.28. The number of nitriles is 1. The molecular formula is C19H20N8. The maximum absolute atomic E-state index is 8.76. The molecule has 1 aliphatic heterocycles. The van der Waals surface area contributed by atoms with Gasteiger partial charge in [-0.05, 0) is 38.4 Å². The summed E-state index contributed by atoms with van der Waals surface area (Å²) in [7, 11) is 4.25. The van der Waals surface area contributed by atoms with Gasteiger partial charge in [0, 0.05) is 30.5 Å². The molecule has 1 fully saturated rings. The summed E-state index contributed by atoms with van der Waals surface area (Å²) in [5, 5.41) is 11.8.